The number of carbonyl (C=O) groups excluding carboxylic acids is 1. The molecular formula is C19H18N6O3S. The lowest BCUT2D eigenvalue weighted by Gasteiger charge is -2.21. The van der Waals surface area contributed by atoms with Crippen LogP contribution in [0.3, 0.4) is 0 Å². The van der Waals surface area contributed by atoms with Gasteiger partial charge in [0.1, 0.15) is 5.69 Å². The molecule has 3 N–H and O–H groups in total. The molecule has 10 heteroatoms. The Hall–Kier alpha value is -3.66. The molecule has 0 unspecified atom stereocenters. The number of sulfonamides is 1. The standard InChI is InChI=1S/C19H18N6O3S/c1-24-15-6-4-3-5-14(15)18(26)25(2)16-11-21-19(22-17(16)24)23-29(27,28)13-9-7-12(20)8-10-13/h3-11H,20H2,1-2H3,(H,21,22,23). The predicted molar refractivity (Wildman–Crippen MR) is 111 cm³/mol. The van der Waals surface area contributed by atoms with Gasteiger partial charge in [0.25, 0.3) is 15.9 Å². The van der Waals surface area contributed by atoms with Crippen LogP contribution in [-0.2, 0) is 10.0 Å². The highest BCUT2D eigenvalue weighted by Gasteiger charge is 2.29. The Bertz CT molecular complexity index is 1210. The predicted octanol–water partition coefficient (Wildman–Crippen LogP) is 2.22. The lowest BCUT2D eigenvalue weighted by Crippen LogP contribution is -2.26. The first-order chi connectivity index (χ1) is 13.8. The van der Waals surface area contributed by atoms with Crippen LogP contribution in [0.25, 0.3) is 0 Å². The Morgan fingerprint density at radius 3 is 2.38 bits per heavy atom. The van der Waals surface area contributed by atoms with Crippen molar-refractivity contribution in [3.63, 3.8) is 0 Å². The maximum Gasteiger partial charge on any atom is 0.264 e. The second kappa shape index (κ2) is 6.74. The summed E-state index contributed by atoms with van der Waals surface area (Å²) in [7, 11) is -0.515. The van der Waals surface area contributed by atoms with Gasteiger partial charge in [0, 0.05) is 19.8 Å². The van der Waals surface area contributed by atoms with Crippen molar-refractivity contribution in [2.45, 2.75) is 4.90 Å². The van der Waals surface area contributed by atoms with Gasteiger partial charge in [-0.2, -0.15) is 4.98 Å². The normalized spacial score (nSPS) is 13.5. The molecule has 1 amide bonds. The van der Waals surface area contributed by atoms with E-state index in [1.807, 2.05) is 6.07 Å². The van der Waals surface area contributed by atoms with Gasteiger partial charge in [0.2, 0.25) is 5.95 Å². The molecule has 0 spiro atoms. The minimum atomic E-state index is -3.90. The van der Waals surface area contributed by atoms with Crippen LogP contribution >= 0.6 is 0 Å². The smallest absolute Gasteiger partial charge is 0.264 e. The first-order valence-corrected chi connectivity index (χ1v) is 10.1. The molecule has 3 aromatic rings. The molecule has 0 radical (unpaired) electrons. The van der Waals surface area contributed by atoms with Crippen LogP contribution in [0.15, 0.2) is 59.6 Å². The van der Waals surface area contributed by atoms with Crippen LogP contribution in [-0.4, -0.2) is 38.4 Å². The number of rotatable bonds is 3. The molecule has 148 valence electrons. The zero-order valence-corrected chi connectivity index (χ0v) is 16.5. The van der Waals surface area contributed by atoms with E-state index in [9.17, 15) is 13.2 Å². The number of amides is 1. The summed E-state index contributed by atoms with van der Waals surface area (Å²) in [5, 5.41) is 0. The molecule has 1 aromatic heterocycles. The van der Waals surface area contributed by atoms with E-state index in [0.717, 1.165) is 0 Å². The number of para-hydroxylation sites is 1. The summed E-state index contributed by atoms with van der Waals surface area (Å²) in [4.78, 5) is 24.5. The molecule has 0 atom stereocenters. The summed E-state index contributed by atoms with van der Waals surface area (Å²) >= 11 is 0. The van der Waals surface area contributed by atoms with Crippen molar-refractivity contribution in [2.75, 3.05) is 34.4 Å². The van der Waals surface area contributed by atoms with E-state index < -0.39 is 10.0 Å². The van der Waals surface area contributed by atoms with Crippen LogP contribution in [0.5, 0.6) is 0 Å². The number of hydrogen-bond acceptors (Lipinski definition) is 7. The molecule has 0 aliphatic carbocycles. The number of nitrogens with one attached hydrogen (secondary N) is 1. The van der Waals surface area contributed by atoms with Crippen molar-refractivity contribution in [1.82, 2.24) is 9.97 Å². The third-order valence-corrected chi connectivity index (χ3v) is 5.99. The van der Waals surface area contributed by atoms with Crippen LogP contribution in [0.4, 0.5) is 28.8 Å². The number of benzene rings is 2. The number of nitrogens with zero attached hydrogens (tertiary/aromatic N) is 4. The lowest BCUT2D eigenvalue weighted by molar-refractivity contribution is 0.0994. The van der Waals surface area contributed by atoms with E-state index in [0.29, 0.717) is 28.4 Å². The molecule has 0 saturated heterocycles. The summed E-state index contributed by atoms with van der Waals surface area (Å²) < 4.78 is 27.6. The topological polar surface area (TPSA) is 122 Å². The van der Waals surface area contributed by atoms with E-state index in [1.165, 1.54) is 35.4 Å². The van der Waals surface area contributed by atoms with Gasteiger partial charge in [-0.15, -0.1) is 0 Å². The molecule has 1 aliphatic heterocycles. The summed E-state index contributed by atoms with van der Waals surface area (Å²) in [5.41, 5.74) is 7.71. The van der Waals surface area contributed by atoms with Gasteiger partial charge < -0.3 is 15.5 Å². The van der Waals surface area contributed by atoms with Gasteiger partial charge in [-0.05, 0) is 36.4 Å². The summed E-state index contributed by atoms with van der Waals surface area (Å²) in [5.74, 6) is 0.0912. The number of aromatic nitrogens is 2. The van der Waals surface area contributed by atoms with Gasteiger partial charge in [0.15, 0.2) is 5.82 Å². The minimum Gasteiger partial charge on any atom is -0.399 e. The number of anilines is 5. The second-order valence-electron chi connectivity index (χ2n) is 6.52. The monoisotopic (exact) mass is 410 g/mol. The fraction of sp³-hybridized carbons (Fsp3) is 0.105. The molecule has 0 fully saturated rings. The highest BCUT2D eigenvalue weighted by atomic mass is 32.2. The molecule has 2 aromatic carbocycles. The van der Waals surface area contributed by atoms with E-state index in [4.69, 9.17) is 5.73 Å². The number of nitrogen functional groups attached to an aromatic ring is 1. The average molecular weight is 410 g/mol. The van der Waals surface area contributed by atoms with Gasteiger partial charge >= 0.3 is 0 Å². The third kappa shape index (κ3) is 3.23. The molecule has 2 heterocycles. The zero-order valence-electron chi connectivity index (χ0n) is 15.7. The second-order valence-corrected chi connectivity index (χ2v) is 8.20. The van der Waals surface area contributed by atoms with Crippen LogP contribution in [0, 0.1) is 0 Å². The highest BCUT2D eigenvalue weighted by Crippen LogP contribution is 2.37. The van der Waals surface area contributed by atoms with Gasteiger partial charge in [-0.1, -0.05) is 12.1 Å². The van der Waals surface area contributed by atoms with Crippen molar-refractivity contribution in [3.05, 3.63) is 60.3 Å². The average Bonchev–Trinajstić information content (AvgIpc) is 2.78. The largest absolute Gasteiger partial charge is 0.399 e. The number of nitrogens with two attached hydrogens (primary N) is 1. The van der Waals surface area contributed by atoms with E-state index in [1.54, 1.807) is 37.2 Å². The SMILES string of the molecule is CN1C(=O)c2ccccc2N(C)c2nc(NS(=O)(=O)c3ccc(N)cc3)ncc21. The van der Waals surface area contributed by atoms with Crippen molar-refractivity contribution >= 4 is 44.8 Å². The molecule has 29 heavy (non-hydrogen) atoms. The van der Waals surface area contributed by atoms with Crippen LogP contribution < -0.4 is 20.3 Å². The molecule has 1 aliphatic rings. The summed E-state index contributed by atoms with van der Waals surface area (Å²) in [6, 6.07) is 12.9. The van der Waals surface area contributed by atoms with Crippen LogP contribution in [0.1, 0.15) is 10.4 Å². The lowest BCUT2D eigenvalue weighted by atomic mass is 10.1. The maximum atomic E-state index is 12.8. The molecule has 4 rings (SSSR count). The third-order valence-electron chi connectivity index (χ3n) is 4.65. The minimum absolute atomic E-state index is 0.0382. The summed E-state index contributed by atoms with van der Waals surface area (Å²) in [6.45, 7) is 0. The Balaban J connectivity index is 1.76. The van der Waals surface area contributed by atoms with Gasteiger partial charge in [0.05, 0.1) is 22.3 Å². The summed E-state index contributed by atoms with van der Waals surface area (Å²) in [6.07, 6.45) is 1.42. The molecule has 0 bridgehead atoms. The van der Waals surface area contributed by atoms with E-state index in [2.05, 4.69) is 14.7 Å². The molecule has 9 nitrogen and oxygen atoms in total. The zero-order chi connectivity index (χ0) is 20.8. The quantitative estimate of drug-likeness (QED) is 0.635. The first kappa shape index (κ1) is 18.7. The number of fused-ring (bicyclic) bond motifs is 2. The first-order valence-electron chi connectivity index (χ1n) is 8.64. The molecule has 0 saturated carbocycles. The van der Waals surface area contributed by atoms with Crippen molar-refractivity contribution in [2.24, 2.45) is 0 Å². The molecular weight excluding hydrogens is 392 g/mol. The maximum absolute atomic E-state index is 12.8. The fourth-order valence-electron chi connectivity index (χ4n) is 3.08. The van der Waals surface area contributed by atoms with Crippen LogP contribution in [0.2, 0.25) is 0 Å². The Labute approximate surface area is 167 Å². The number of carbonyl (C=O) groups is 1. The number of hydrogen-bond donors (Lipinski definition) is 2. The van der Waals surface area contributed by atoms with E-state index >= 15 is 0 Å². The van der Waals surface area contributed by atoms with Crippen molar-refractivity contribution in [3.8, 4) is 0 Å². The van der Waals surface area contributed by atoms with E-state index in [-0.39, 0.29) is 16.8 Å². The van der Waals surface area contributed by atoms with Gasteiger partial charge in [-0.3, -0.25) is 4.79 Å². The Morgan fingerprint density at radius 2 is 1.66 bits per heavy atom. The van der Waals surface area contributed by atoms with Crippen molar-refractivity contribution in [1.29, 1.82) is 0 Å². The highest BCUT2D eigenvalue weighted by molar-refractivity contribution is 7.92. The fourth-order valence-corrected chi connectivity index (χ4v) is 4.03. The Morgan fingerprint density at radius 1 is 0.966 bits per heavy atom. The van der Waals surface area contributed by atoms with Crippen molar-refractivity contribution < 1.29 is 13.2 Å². The Kier molecular flexibility index (Phi) is 4.35. The van der Waals surface area contributed by atoms with Gasteiger partial charge in [-0.25, -0.2) is 18.1 Å².